The summed E-state index contributed by atoms with van der Waals surface area (Å²) in [5, 5.41) is 17.0. The van der Waals surface area contributed by atoms with E-state index in [0.29, 0.717) is 5.75 Å². The average Bonchev–Trinajstić information content (AvgIpc) is 2.74. The number of nitrogens with zero attached hydrogens (tertiary/aromatic N) is 1. The molecule has 1 heterocycles. The van der Waals surface area contributed by atoms with Crippen molar-refractivity contribution in [2.24, 2.45) is 0 Å². The lowest BCUT2D eigenvalue weighted by atomic mass is 9.79. The first-order valence-electron chi connectivity index (χ1n) is 7.10. The summed E-state index contributed by atoms with van der Waals surface area (Å²) in [5.74, 6) is -0.249. The van der Waals surface area contributed by atoms with Crippen LogP contribution >= 0.6 is 11.8 Å². The Labute approximate surface area is 134 Å². The Morgan fingerprint density at radius 1 is 1.09 bits per heavy atom. The molecule has 0 aliphatic carbocycles. The van der Waals surface area contributed by atoms with Crippen molar-refractivity contribution in [1.82, 2.24) is 10.2 Å². The molecule has 5 nitrogen and oxygen atoms in total. The maximum atomic E-state index is 11.0. The SMILES string of the molecule is CC(C)(C)c1cc(Sc2n[nH]c(=O)o2)cc(C(C)(C)C)c1O. The molecular weight excluding hydrogens is 300 g/mol. The zero-order valence-electron chi connectivity index (χ0n) is 13.8. The van der Waals surface area contributed by atoms with Gasteiger partial charge in [0.2, 0.25) is 0 Å². The summed E-state index contributed by atoms with van der Waals surface area (Å²) in [6.07, 6.45) is 0. The molecule has 2 aromatic rings. The molecule has 0 aliphatic heterocycles. The van der Waals surface area contributed by atoms with E-state index in [4.69, 9.17) is 4.42 Å². The number of aromatic amines is 1. The predicted octanol–water partition coefficient (Wildman–Crippen LogP) is 3.81. The van der Waals surface area contributed by atoms with E-state index in [2.05, 4.69) is 51.7 Å². The number of rotatable bonds is 2. The normalized spacial score (nSPS) is 12.6. The first kappa shape index (κ1) is 16.7. The minimum Gasteiger partial charge on any atom is -0.507 e. The van der Waals surface area contributed by atoms with Crippen LogP contribution in [-0.4, -0.2) is 15.3 Å². The lowest BCUT2D eigenvalue weighted by Gasteiger charge is -2.27. The van der Waals surface area contributed by atoms with Gasteiger partial charge in [-0.3, -0.25) is 0 Å². The van der Waals surface area contributed by atoms with E-state index in [-0.39, 0.29) is 16.1 Å². The van der Waals surface area contributed by atoms with E-state index < -0.39 is 5.76 Å². The van der Waals surface area contributed by atoms with Gasteiger partial charge < -0.3 is 9.52 Å². The number of nitrogens with one attached hydrogen (secondary N) is 1. The zero-order valence-corrected chi connectivity index (χ0v) is 14.6. The molecule has 0 spiro atoms. The highest BCUT2D eigenvalue weighted by Crippen LogP contribution is 2.42. The fourth-order valence-electron chi connectivity index (χ4n) is 2.17. The first-order valence-corrected chi connectivity index (χ1v) is 7.91. The van der Waals surface area contributed by atoms with Crippen LogP contribution in [0.3, 0.4) is 0 Å². The topological polar surface area (TPSA) is 79.1 Å². The summed E-state index contributed by atoms with van der Waals surface area (Å²) in [6, 6.07) is 3.84. The second-order valence-electron chi connectivity index (χ2n) is 7.35. The molecule has 0 bridgehead atoms. The number of benzene rings is 1. The Hall–Kier alpha value is -1.69. The van der Waals surface area contributed by atoms with Gasteiger partial charge in [0, 0.05) is 16.0 Å². The van der Waals surface area contributed by atoms with Gasteiger partial charge in [-0.25, -0.2) is 9.89 Å². The Bertz CT molecular complexity index is 698. The second-order valence-corrected chi connectivity index (χ2v) is 8.37. The third-order valence-corrected chi connectivity index (χ3v) is 4.14. The molecule has 1 aromatic heterocycles. The minimum absolute atomic E-state index is 0.201. The van der Waals surface area contributed by atoms with Crippen LogP contribution in [0.25, 0.3) is 0 Å². The van der Waals surface area contributed by atoms with Crippen LogP contribution in [0.15, 0.2) is 31.5 Å². The second kappa shape index (κ2) is 5.50. The summed E-state index contributed by atoms with van der Waals surface area (Å²) in [4.78, 5) is 11.9. The van der Waals surface area contributed by atoms with E-state index in [1.165, 1.54) is 11.8 Å². The van der Waals surface area contributed by atoms with Gasteiger partial charge >= 0.3 is 5.76 Å². The van der Waals surface area contributed by atoms with Crippen LogP contribution in [0.5, 0.6) is 5.75 Å². The van der Waals surface area contributed by atoms with Gasteiger partial charge in [0.15, 0.2) is 0 Å². The van der Waals surface area contributed by atoms with E-state index in [0.717, 1.165) is 16.0 Å². The number of hydrogen-bond acceptors (Lipinski definition) is 5. The Balaban J connectivity index is 2.57. The van der Waals surface area contributed by atoms with Crippen LogP contribution in [-0.2, 0) is 10.8 Å². The Kier molecular flexibility index (Phi) is 4.17. The van der Waals surface area contributed by atoms with Gasteiger partial charge in [-0.15, -0.1) is 5.10 Å². The van der Waals surface area contributed by atoms with E-state index >= 15 is 0 Å². The molecule has 0 unspecified atom stereocenters. The lowest BCUT2D eigenvalue weighted by Crippen LogP contribution is -2.17. The van der Waals surface area contributed by atoms with Gasteiger partial charge in [0.05, 0.1) is 0 Å². The summed E-state index contributed by atoms with van der Waals surface area (Å²) in [6.45, 7) is 12.3. The van der Waals surface area contributed by atoms with Crippen LogP contribution in [0.4, 0.5) is 0 Å². The molecule has 120 valence electrons. The lowest BCUT2D eigenvalue weighted by molar-refractivity contribution is 0.419. The highest BCUT2D eigenvalue weighted by molar-refractivity contribution is 7.99. The van der Waals surface area contributed by atoms with Crippen molar-refractivity contribution in [3.05, 3.63) is 33.8 Å². The van der Waals surface area contributed by atoms with Crippen molar-refractivity contribution in [2.75, 3.05) is 0 Å². The maximum Gasteiger partial charge on any atom is 0.435 e. The smallest absolute Gasteiger partial charge is 0.435 e. The monoisotopic (exact) mass is 322 g/mol. The minimum atomic E-state index is -0.576. The van der Waals surface area contributed by atoms with Gasteiger partial charge in [0.1, 0.15) is 5.75 Å². The number of phenols is 1. The van der Waals surface area contributed by atoms with Gasteiger partial charge in [0.25, 0.3) is 5.22 Å². The van der Waals surface area contributed by atoms with Crippen molar-refractivity contribution < 1.29 is 9.52 Å². The average molecular weight is 322 g/mol. The van der Waals surface area contributed by atoms with Crippen molar-refractivity contribution in [2.45, 2.75) is 62.5 Å². The van der Waals surface area contributed by atoms with Gasteiger partial charge in [-0.05, 0) is 34.7 Å². The van der Waals surface area contributed by atoms with Gasteiger partial charge in [-0.2, -0.15) is 0 Å². The van der Waals surface area contributed by atoms with Crippen LogP contribution in [0, 0.1) is 0 Å². The highest BCUT2D eigenvalue weighted by atomic mass is 32.2. The third-order valence-electron chi connectivity index (χ3n) is 3.32. The Morgan fingerprint density at radius 2 is 1.59 bits per heavy atom. The summed E-state index contributed by atoms with van der Waals surface area (Å²) in [5.41, 5.74) is 1.32. The van der Waals surface area contributed by atoms with Crippen molar-refractivity contribution in [1.29, 1.82) is 0 Å². The van der Waals surface area contributed by atoms with Crippen LogP contribution < -0.4 is 5.76 Å². The van der Waals surface area contributed by atoms with E-state index in [1.807, 2.05) is 12.1 Å². The maximum absolute atomic E-state index is 11.0. The number of aromatic nitrogens is 2. The number of phenolic OH excluding ortho intramolecular Hbond substituents is 1. The van der Waals surface area contributed by atoms with Crippen molar-refractivity contribution in [3.8, 4) is 5.75 Å². The molecule has 0 saturated heterocycles. The van der Waals surface area contributed by atoms with Crippen molar-refractivity contribution >= 4 is 11.8 Å². The molecule has 0 radical (unpaired) electrons. The molecule has 0 saturated carbocycles. The van der Waals surface area contributed by atoms with E-state index in [1.54, 1.807) is 0 Å². The van der Waals surface area contributed by atoms with E-state index in [9.17, 15) is 9.90 Å². The molecule has 1 aromatic carbocycles. The predicted molar refractivity (Wildman–Crippen MR) is 86.8 cm³/mol. The van der Waals surface area contributed by atoms with Crippen LogP contribution in [0.1, 0.15) is 52.7 Å². The van der Waals surface area contributed by atoms with Gasteiger partial charge in [-0.1, -0.05) is 41.5 Å². The molecule has 2 rings (SSSR count). The first-order chi connectivity index (χ1) is 9.98. The number of aromatic hydroxyl groups is 1. The standard InChI is InChI=1S/C16H22N2O3S/c1-15(2,3)10-7-9(22-14-18-17-13(20)21-14)8-11(12(10)19)16(4,5)6/h7-8,19H,1-6H3,(H,17,20). The highest BCUT2D eigenvalue weighted by Gasteiger charge is 2.27. The molecule has 0 amide bonds. The molecule has 2 N–H and O–H groups in total. The molecule has 6 heteroatoms. The fraction of sp³-hybridized carbons (Fsp3) is 0.500. The molecule has 0 fully saturated rings. The van der Waals surface area contributed by atoms with Crippen LogP contribution in [0.2, 0.25) is 0 Å². The summed E-state index contributed by atoms with van der Waals surface area (Å²) >= 11 is 1.26. The zero-order chi connectivity index (χ0) is 16.7. The third kappa shape index (κ3) is 3.55. The molecule has 0 atom stereocenters. The largest absolute Gasteiger partial charge is 0.507 e. The fourth-order valence-corrected chi connectivity index (χ4v) is 2.93. The summed E-state index contributed by atoms with van der Waals surface area (Å²) < 4.78 is 4.95. The molecular formula is C16H22N2O3S. The molecule has 0 aliphatic rings. The Morgan fingerprint density at radius 3 is 1.95 bits per heavy atom. The number of hydrogen-bond donors (Lipinski definition) is 2. The van der Waals surface area contributed by atoms with Crippen molar-refractivity contribution in [3.63, 3.8) is 0 Å². The summed E-state index contributed by atoms with van der Waals surface area (Å²) in [7, 11) is 0. The molecule has 22 heavy (non-hydrogen) atoms. The quantitative estimate of drug-likeness (QED) is 0.879. The number of H-pyrrole nitrogens is 1.